The molecule has 0 radical (unpaired) electrons. The lowest BCUT2D eigenvalue weighted by atomic mass is 10.1. The Morgan fingerprint density at radius 1 is 0.895 bits per heavy atom. The second-order valence-electron chi connectivity index (χ2n) is 9.00. The van der Waals surface area contributed by atoms with Gasteiger partial charge in [0.1, 0.15) is 17.3 Å². The lowest BCUT2D eigenvalue weighted by molar-refractivity contribution is -0.121. The highest BCUT2D eigenvalue weighted by Gasteiger charge is 2.19. The summed E-state index contributed by atoms with van der Waals surface area (Å²) in [7, 11) is 4.82. The van der Waals surface area contributed by atoms with Crippen molar-refractivity contribution < 1.29 is 23.7 Å². The summed E-state index contributed by atoms with van der Waals surface area (Å²) in [5.41, 5.74) is 2.81. The van der Waals surface area contributed by atoms with Crippen LogP contribution in [0.5, 0.6) is 23.0 Å². The molecule has 0 bridgehead atoms. The quantitative estimate of drug-likeness (QED) is 0.241. The maximum absolute atomic E-state index is 12.9. The number of nitrogens with zero attached hydrogens (tertiary/aromatic N) is 2. The Labute approximate surface area is 223 Å². The normalized spacial score (nSPS) is 11.7. The molecule has 8 heteroatoms. The third-order valence-corrected chi connectivity index (χ3v) is 6.35. The molecule has 0 aliphatic heterocycles. The second kappa shape index (κ2) is 12.9. The monoisotopic (exact) mass is 517 g/mol. The molecule has 8 nitrogen and oxygen atoms in total. The zero-order valence-corrected chi connectivity index (χ0v) is 22.4. The van der Waals surface area contributed by atoms with Crippen LogP contribution in [-0.4, -0.2) is 43.4 Å². The summed E-state index contributed by atoms with van der Waals surface area (Å²) in [6.07, 6.45) is 2.01. The number of hydrogen-bond donors (Lipinski definition) is 1. The molecule has 1 atom stereocenters. The van der Waals surface area contributed by atoms with E-state index in [1.165, 1.54) is 0 Å². The van der Waals surface area contributed by atoms with Gasteiger partial charge in [0, 0.05) is 12.6 Å². The van der Waals surface area contributed by atoms with Gasteiger partial charge in [-0.15, -0.1) is 0 Å². The number of nitrogens with one attached hydrogen (secondary N) is 1. The SMILES string of the molecule is COc1cccc(OCCCCn2c(C(C)NC(=O)Cc3ccc(OC)c(OC)c3)nc3ccccc32)c1. The molecule has 1 aromatic heterocycles. The molecule has 38 heavy (non-hydrogen) atoms. The minimum Gasteiger partial charge on any atom is -0.497 e. The van der Waals surface area contributed by atoms with Crippen LogP contribution in [0.2, 0.25) is 0 Å². The van der Waals surface area contributed by atoms with E-state index in [1.807, 2.05) is 67.6 Å². The van der Waals surface area contributed by atoms with Gasteiger partial charge in [0.25, 0.3) is 0 Å². The van der Waals surface area contributed by atoms with Gasteiger partial charge in [-0.1, -0.05) is 24.3 Å². The Morgan fingerprint density at radius 2 is 1.68 bits per heavy atom. The standard InChI is InChI=1S/C30H35N3O5/c1-21(31-29(34)19-22-14-15-27(36-3)28(18-22)37-4)30-32-25-12-5-6-13-26(25)33(30)16-7-8-17-38-24-11-9-10-23(20-24)35-2/h5-6,9-15,18,20-21H,7-8,16-17,19H2,1-4H3,(H,31,34). The molecule has 0 aliphatic rings. The van der Waals surface area contributed by atoms with Crippen LogP contribution in [0.15, 0.2) is 66.7 Å². The lowest BCUT2D eigenvalue weighted by Crippen LogP contribution is -2.30. The van der Waals surface area contributed by atoms with E-state index in [4.69, 9.17) is 23.9 Å². The van der Waals surface area contributed by atoms with Crippen LogP contribution in [-0.2, 0) is 17.8 Å². The predicted molar refractivity (Wildman–Crippen MR) is 147 cm³/mol. The highest BCUT2D eigenvalue weighted by molar-refractivity contribution is 5.80. The molecule has 4 rings (SSSR count). The van der Waals surface area contributed by atoms with Crippen molar-refractivity contribution >= 4 is 16.9 Å². The molecule has 0 aliphatic carbocycles. The number of rotatable bonds is 13. The maximum Gasteiger partial charge on any atom is 0.224 e. The van der Waals surface area contributed by atoms with E-state index in [2.05, 4.69) is 16.0 Å². The Balaban J connectivity index is 1.38. The number of carbonyl (C=O) groups excluding carboxylic acids is 1. The average molecular weight is 518 g/mol. The minimum atomic E-state index is -0.261. The molecule has 0 fully saturated rings. The van der Waals surface area contributed by atoms with Gasteiger partial charge in [-0.05, 0) is 61.7 Å². The van der Waals surface area contributed by atoms with Crippen LogP contribution in [0.1, 0.15) is 37.2 Å². The number of benzene rings is 3. The Morgan fingerprint density at radius 3 is 2.47 bits per heavy atom. The Bertz CT molecular complexity index is 1370. The topological polar surface area (TPSA) is 83.8 Å². The number of carbonyl (C=O) groups is 1. The summed E-state index contributed by atoms with van der Waals surface area (Å²) in [5, 5.41) is 3.12. The number of aryl methyl sites for hydroxylation is 1. The molecular weight excluding hydrogens is 482 g/mol. The number of imidazole rings is 1. The first-order chi connectivity index (χ1) is 18.5. The predicted octanol–water partition coefficient (Wildman–Crippen LogP) is 5.34. The van der Waals surface area contributed by atoms with Crippen LogP contribution in [0.3, 0.4) is 0 Å². The van der Waals surface area contributed by atoms with Crippen molar-refractivity contribution in [1.82, 2.24) is 14.9 Å². The van der Waals surface area contributed by atoms with Gasteiger partial charge in [0.05, 0.1) is 51.4 Å². The van der Waals surface area contributed by atoms with E-state index in [0.29, 0.717) is 18.1 Å². The van der Waals surface area contributed by atoms with Crippen LogP contribution < -0.4 is 24.3 Å². The summed E-state index contributed by atoms with van der Waals surface area (Å²) >= 11 is 0. The van der Waals surface area contributed by atoms with Crippen molar-refractivity contribution in [1.29, 1.82) is 0 Å². The summed E-state index contributed by atoms with van der Waals surface area (Å²) in [6.45, 7) is 3.34. The zero-order valence-electron chi connectivity index (χ0n) is 22.4. The molecule has 4 aromatic rings. The Kier molecular flexibility index (Phi) is 9.08. The Hall–Kier alpha value is -4.20. The van der Waals surface area contributed by atoms with E-state index in [1.54, 1.807) is 21.3 Å². The molecule has 1 N–H and O–H groups in total. The third kappa shape index (κ3) is 6.56. The molecule has 1 amide bonds. The molecule has 1 unspecified atom stereocenters. The van der Waals surface area contributed by atoms with Crippen molar-refractivity contribution in [2.45, 2.75) is 38.8 Å². The van der Waals surface area contributed by atoms with Crippen LogP contribution in [0.25, 0.3) is 11.0 Å². The molecular formula is C30H35N3O5. The molecule has 0 saturated carbocycles. The van der Waals surface area contributed by atoms with Crippen LogP contribution >= 0.6 is 0 Å². The highest BCUT2D eigenvalue weighted by atomic mass is 16.5. The van der Waals surface area contributed by atoms with Crippen molar-refractivity contribution in [2.24, 2.45) is 0 Å². The maximum atomic E-state index is 12.9. The number of amides is 1. The van der Waals surface area contributed by atoms with Gasteiger partial charge in [-0.2, -0.15) is 0 Å². The zero-order chi connectivity index (χ0) is 26.9. The largest absolute Gasteiger partial charge is 0.497 e. The summed E-state index contributed by atoms with van der Waals surface area (Å²) in [6, 6.07) is 20.9. The van der Waals surface area contributed by atoms with Gasteiger partial charge >= 0.3 is 0 Å². The minimum absolute atomic E-state index is 0.0879. The van der Waals surface area contributed by atoms with Crippen LogP contribution in [0.4, 0.5) is 0 Å². The smallest absolute Gasteiger partial charge is 0.224 e. The fraction of sp³-hybridized carbons (Fsp3) is 0.333. The second-order valence-corrected chi connectivity index (χ2v) is 9.00. The summed E-state index contributed by atoms with van der Waals surface area (Å²) < 4.78 is 24.0. The van der Waals surface area contributed by atoms with Gasteiger partial charge in [-0.25, -0.2) is 4.98 Å². The number of fused-ring (bicyclic) bond motifs is 1. The summed E-state index contributed by atoms with van der Waals surface area (Å²) in [5.74, 6) is 3.55. The number of ether oxygens (including phenoxy) is 4. The fourth-order valence-corrected chi connectivity index (χ4v) is 4.45. The average Bonchev–Trinajstić information content (AvgIpc) is 3.31. The van der Waals surface area contributed by atoms with E-state index in [0.717, 1.165) is 53.3 Å². The first-order valence-corrected chi connectivity index (χ1v) is 12.7. The first kappa shape index (κ1) is 26.9. The number of hydrogen-bond acceptors (Lipinski definition) is 6. The molecule has 0 spiro atoms. The van der Waals surface area contributed by atoms with E-state index in [9.17, 15) is 4.79 Å². The van der Waals surface area contributed by atoms with Gasteiger partial charge < -0.3 is 28.8 Å². The van der Waals surface area contributed by atoms with E-state index >= 15 is 0 Å². The molecule has 200 valence electrons. The summed E-state index contributed by atoms with van der Waals surface area (Å²) in [4.78, 5) is 17.8. The van der Waals surface area contributed by atoms with Crippen LogP contribution in [0, 0.1) is 0 Å². The molecule has 3 aromatic carbocycles. The van der Waals surface area contributed by atoms with Crippen molar-refractivity contribution in [3.05, 3.63) is 78.1 Å². The van der Waals surface area contributed by atoms with Crippen molar-refractivity contribution in [3.8, 4) is 23.0 Å². The number of para-hydroxylation sites is 2. The number of aromatic nitrogens is 2. The van der Waals surface area contributed by atoms with Gasteiger partial charge in [-0.3, -0.25) is 4.79 Å². The van der Waals surface area contributed by atoms with Gasteiger partial charge in [0.15, 0.2) is 11.5 Å². The number of methoxy groups -OCH3 is 3. The fourth-order valence-electron chi connectivity index (χ4n) is 4.45. The number of unbranched alkanes of at least 4 members (excludes halogenated alkanes) is 1. The lowest BCUT2D eigenvalue weighted by Gasteiger charge is -2.17. The van der Waals surface area contributed by atoms with E-state index in [-0.39, 0.29) is 18.4 Å². The van der Waals surface area contributed by atoms with Crippen molar-refractivity contribution in [2.75, 3.05) is 27.9 Å². The molecule has 1 heterocycles. The first-order valence-electron chi connectivity index (χ1n) is 12.7. The van der Waals surface area contributed by atoms with Gasteiger partial charge in [0.2, 0.25) is 5.91 Å². The third-order valence-electron chi connectivity index (χ3n) is 6.35. The molecule has 0 saturated heterocycles. The highest BCUT2D eigenvalue weighted by Crippen LogP contribution is 2.28. The van der Waals surface area contributed by atoms with E-state index < -0.39 is 0 Å². The van der Waals surface area contributed by atoms with Crippen molar-refractivity contribution in [3.63, 3.8) is 0 Å².